The predicted octanol–water partition coefficient (Wildman–Crippen LogP) is 2.84. The molecule has 0 amide bonds. The summed E-state index contributed by atoms with van der Waals surface area (Å²) in [7, 11) is 2.11. The first-order valence-corrected chi connectivity index (χ1v) is 6.72. The maximum Gasteiger partial charge on any atom is 0.0233 e. The first-order chi connectivity index (χ1) is 8.61. The van der Waals surface area contributed by atoms with Gasteiger partial charge in [-0.1, -0.05) is 44.2 Å². The highest BCUT2D eigenvalue weighted by atomic mass is 15.1. The van der Waals surface area contributed by atoms with E-state index in [1.165, 1.54) is 11.1 Å². The number of benzene rings is 1. The van der Waals surface area contributed by atoms with E-state index in [0.29, 0.717) is 6.04 Å². The molecule has 0 radical (unpaired) electrons. The molecular weight excluding hydrogens is 220 g/mol. The van der Waals surface area contributed by atoms with Crippen LogP contribution in [0.25, 0.3) is 0 Å². The van der Waals surface area contributed by atoms with Gasteiger partial charge < -0.3 is 5.32 Å². The predicted molar refractivity (Wildman–Crippen MR) is 79.8 cm³/mol. The van der Waals surface area contributed by atoms with Crippen LogP contribution in [0.1, 0.15) is 25.0 Å². The van der Waals surface area contributed by atoms with Gasteiger partial charge in [-0.05, 0) is 31.1 Å². The molecule has 0 aliphatic rings. The number of likely N-dealkylation sites (N-methyl/N-ethyl adjacent to an activating group) is 1. The van der Waals surface area contributed by atoms with Crippen LogP contribution in [0.4, 0.5) is 0 Å². The van der Waals surface area contributed by atoms with Gasteiger partial charge in [0, 0.05) is 19.1 Å². The van der Waals surface area contributed by atoms with E-state index in [0.717, 1.165) is 26.1 Å². The van der Waals surface area contributed by atoms with Crippen molar-refractivity contribution in [1.29, 1.82) is 0 Å². The van der Waals surface area contributed by atoms with Gasteiger partial charge in [-0.15, -0.1) is 6.58 Å². The SMILES string of the molecule is C=CCN(C)Cc1ccc(CCNC(C)C)cc1. The molecule has 0 aromatic heterocycles. The Morgan fingerprint density at radius 1 is 1.22 bits per heavy atom. The molecule has 1 aromatic rings. The molecule has 2 nitrogen and oxygen atoms in total. The Morgan fingerprint density at radius 2 is 1.83 bits per heavy atom. The first-order valence-electron chi connectivity index (χ1n) is 6.72. The minimum atomic E-state index is 0.567. The molecule has 1 N–H and O–H groups in total. The number of hydrogen-bond donors (Lipinski definition) is 1. The van der Waals surface area contributed by atoms with E-state index in [2.05, 4.69) is 62.0 Å². The van der Waals surface area contributed by atoms with E-state index in [-0.39, 0.29) is 0 Å². The van der Waals surface area contributed by atoms with E-state index in [9.17, 15) is 0 Å². The van der Waals surface area contributed by atoms with Gasteiger partial charge in [0.2, 0.25) is 0 Å². The summed E-state index contributed by atoms with van der Waals surface area (Å²) in [6.07, 6.45) is 3.03. The second-order valence-electron chi connectivity index (χ2n) is 5.16. The normalized spacial score (nSPS) is 11.2. The van der Waals surface area contributed by atoms with Gasteiger partial charge >= 0.3 is 0 Å². The molecule has 0 saturated heterocycles. The Balaban J connectivity index is 2.39. The fourth-order valence-electron chi connectivity index (χ4n) is 1.91. The summed E-state index contributed by atoms with van der Waals surface area (Å²) < 4.78 is 0. The molecule has 1 rings (SSSR count). The number of rotatable bonds is 8. The van der Waals surface area contributed by atoms with Gasteiger partial charge in [0.15, 0.2) is 0 Å². The Bertz CT molecular complexity index is 341. The lowest BCUT2D eigenvalue weighted by Crippen LogP contribution is -2.24. The van der Waals surface area contributed by atoms with Crippen LogP contribution in [0.3, 0.4) is 0 Å². The second kappa shape index (κ2) is 8.06. The van der Waals surface area contributed by atoms with Crippen molar-refractivity contribution < 1.29 is 0 Å². The summed E-state index contributed by atoms with van der Waals surface area (Å²) in [5, 5.41) is 3.44. The van der Waals surface area contributed by atoms with E-state index < -0.39 is 0 Å². The van der Waals surface area contributed by atoms with E-state index >= 15 is 0 Å². The number of hydrogen-bond acceptors (Lipinski definition) is 2. The second-order valence-corrected chi connectivity index (χ2v) is 5.16. The van der Waals surface area contributed by atoms with Crippen LogP contribution in [-0.4, -0.2) is 31.1 Å². The minimum Gasteiger partial charge on any atom is -0.314 e. The third-order valence-electron chi connectivity index (χ3n) is 2.88. The van der Waals surface area contributed by atoms with Crippen molar-refractivity contribution in [3.8, 4) is 0 Å². The highest BCUT2D eigenvalue weighted by molar-refractivity contribution is 5.22. The van der Waals surface area contributed by atoms with Gasteiger partial charge in [0.05, 0.1) is 0 Å². The highest BCUT2D eigenvalue weighted by Gasteiger charge is 1.99. The number of nitrogens with zero attached hydrogens (tertiary/aromatic N) is 1. The molecule has 0 aliphatic carbocycles. The molecule has 0 bridgehead atoms. The molecule has 2 heteroatoms. The summed E-state index contributed by atoms with van der Waals surface area (Å²) in [4.78, 5) is 2.25. The summed E-state index contributed by atoms with van der Waals surface area (Å²) in [6, 6.07) is 9.49. The zero-order valence-electron chi connectivity index (χ0n) is 11.9. The van der Waals surface area contributed by atoms with Gasteiger partial charge in [0.25, 0.3) is 0 Å². The van der Waals surface area contributed by atoms with Crippen molar-refractivity contribution in [1.82, 2.24) is 10.2 Å². The van der Waals surface area contributed by atoms with Crippen molar-refractivity contribution in [3.05, 3.63) is 48.0 Å². The zero-order chi connectivity index (χ0) is 13.4. The Kier molecular flexibility index (Phi) is 6.69. The van der Waals surface area contributed by atoms with Crippen molar-refractivity contribution in [2.75, 3.05) is 20.1 Å². The quantitative estimate of drug-likeness (QED) is 0.710. The smallest absolute Gasteiger partial charge is 0.0233 e. The van der Waals surface area contributed by atoms with E-state index in [4.69, 9.17) is 0 Å². The van der Waals surface area contributed by atoms with Crippen LogP contribution >= 0.6 is 0 Å². The molecular formula is C16H26N2. The van der Waals surface area contributed by atoms with Crippen LogP contribution in [0.2, 0.25) is 0 Å². The van der Waals surface area contributed by atoms with Crippen LogP contribution < -0.4 is 5.32 Å². The standard InChI is InChI=1S/C16H26N2/c1-5-12-18(4)13-16-8-6-15(7-9-16)10-11-17-14(2)3/h5-9,14,17H,1,10-13H2,2-4H3. The van der Waals surface area contributed by atoms with Gasteiger partial charge in [-0.2, -0.15) is 0 Å². The van der Waals surface area contributed by atoms with Gasteiger partial charge in [-0.3, -0.25) is 4.90 Å². The molecule has 100 valence electrons. The third-order valence-corrected chi connectivity index (χ3v) is 2.88. The van der Waals surface area contributed by atoms with E-state index in [1.54, 1.807) is 0 Å². The maximum absolute atomic E-state index is 3.76. The van der Waals surface area contributed by atoms with E-state index in [1.807, 2.05) is 6.08 Å². The zero-order valence-corrected chi connectivity index (χ0v) is 11.9. The van der Waals surface area contributed by atoms with Crippen LogP contribution in [-0.2, 0) is 13.0 Å². The van der Waals surface area contributed by atoms with Crippen LogP contribution in [0.5, 0.6) is 0 Å². The van der Waals surface area contributed by atoms with Crippen LogP contribution in [0.15, 0.2) is 36.9 Å². The van der Waals surface area contributed by atoms with Crippen molar-refractivity contribution >= 4 is 0 Å². The largest absolute Gasteiger partial charge is 0.314 e. The highest BCUT2D eigenvalue weighted by Crippen LogP contribution is 2.07. The molecule has 0 aliphatic heterocycles. The summed E-state index contributed by atoms with van der Waals surface area (Å²) >= 11 is 0. The van der Waals surface area contributed by atoms with Crippen LogP contribution in [0, 0.1) is 0 Å². The average molecular weight is 246 g/mol. The molecule has 0 spiro atoms. The Hall–Kier alpha value is -1.12. The molecule has 0 saturated carbocycles. The fourth-order valence-corrected chi connectivity index (χ4v) is 1.91. The Labute approximate surface area is 112 Å². The number of nitrogens with one attached hydrogen (secondary N) is 1. The molecule has 0 atom stereocenters. The lowest BCUT2D eigenvalue weighted by Gasteiger charge is -2.14. The summed E-state index contributed by atoms with van der Waals surface area (Å²) in [6.45, 7) is 11.1. The summed E-state index contributed by atoms with van der Waals surface area (Å²) in [5.41, 5.74) is 2.76. The first kappa shape index (κ1) is 14.9. The monoisotopic (exact) mass is 246 g/mol. The fraction of sp³-hybridized carbons (Fsp3) is 0.500. The molecule has 0 fully saturated rings. The topological polar surface area (TPSA) is 15.3 Å². The third kappa shape index (κ3) is 5.99. The molecule has 0 unspecified atom stereocenters. The van der Waals surface area contributed by atoms with Gasteiger partial charge in [-0.25, -0.2) is 0 Å². The lowest BCUT2D eigenvalue weighted by atomic mass is 10.1. The summed E-state index contributed by atoms with van der Waals surface area (Å²) in [5.74, 6) is 0. The molecule has 0 heterocycles. The maximum atomic E-state index is 3.76. The van der Waals surface area contributed by atoms with Crippen molar-refractivity contribution in [2.24, 2.45) is 0 Å². The van der Waals surface area contributed by atoms with Crippen molar-refractivity contribution in [3.63, 3.8) is 0 Å². The van der Waals surface area contributed by atoms with Crippen molar-refractivity contribution in [2.45, 2.75) is 32.9 Å². The van der Waals surface area contributed by atoms with Gasteiger partial charge in [0.1, 0.15) is 0 Å². The molecule has 1 aromatic carbocycles. The Morgan fingerprint density at radius 3 is 2.39 bits per heavy atom. The molecule has 18 heavy (non-hydrogen) atoms. The minimum absolute atomic E-state index is 0.567. The average Bonchev–Trinajstić information content (AvgIpc) is 2.31. The lowest BCUT2D eigenvalue weighted by molar-refractivity contribution is 0.363.